The smallest absolute Gasteiger partial charge is 0.327 e. The summed E-state index contributed by atoms with van der Waals surface area (Å²) in [6.07, 6.45) is 0. The number of halogens is 1. The summed E-state index contributed by atoms with van der Waals surface area (Å²) in [7, 11) is 1.29. The van der Waals surface area contributed by atoms with Gasteiger partial charge in [-0.2, -0.15) is 0 Å². The first-order valence-corrected chi connectivity index (χ1v) is 4.63. The molecule has 0 bridgehead atoms. The molecule has 0 spiro atoms. The Labute approximate surface area is 105 Å². The van der Waals surface area contributed by atoms with Gasteiger partial charge in [-0.25, -0.2) is 4.79 Å². The number of methoxy groups -OCH3 is 1. The van der Waals surface area contributed by atoms with Gasteiger partial charge >= 0.3 is 5.97 Å². The monoisotopic (exact) mass is 260 g/mol. The minimum absolute atomic E-state index is 0. The number of nitrogens with one attached hydrogen (secondary N) is 1. The topological polar surface area (TPSA) is 81.5 Å². The Balaban J connectivity index is 0.00000256. The lowest BCUT2D eigenvalue weighted by atomic mass is 10.2. The van der Waals surface area contributed by atoms with Crippen molar-refractivity contribution in [2.24, 2.45) is 0 Å². The largest absolute Gasteiger partial charge is 0.467 e. The van der Waals surface area contributed by atoms with E-state index < -0.39 is 16.9 Å². The van der Waals surface area contributed by atoms with E-state index in [1.807, 2.05) is 0 Å². The summed E-state index contributed by atoms with van der Waals surface area (Å²) >= 11 is 0. The molecule has 0 saturated carbocycles. The van der Waals surface area contributed by atoms with Crippen molar-refractivity contribution in [2.45, 2.75) is 13.0 Å². The van der Waals surface area contributed by atoms with Gasteiger partial charge in [-0.15, -0.1) is 12.4 Å². The van der Waals surface area contributed by atoms with Crippen LogP contribution in [0.4, 0.5) is 11.4 Å². The molecule has 0 aromatic heterocycles. The Morgan fingerprint density at radius 1 is 1.53 bits per heavy atom. The quantitative estimate of drug-likeness (QED) is 0.509. The predicted octanol–water partition coefficient (Wildman–Crippen LogP) is 1.99. The number of rotatable bonds is 4. The first kappa shape index (κ1) is 15.2. The standard InChI is InChI=1S/C10H12N2O4.ClH/c1-7(10(13)16-2)11-8-4-3-5-9(6-8)12(14)15;/h3-7,11H,1-2H3;1H/t7-;/m0./s1. The second kappa shape index (κ2) is 6.70. The number of esters is 1. The molecule has 1 N–H and O–H groups in total. The molecule has 0 fully saturated rings. The molecule has 0 unspecified atom stereocenters. The first-order chi connectivity index (χ1) is 7.54. The number of ether oxygens (including phenoxy) is 1. The van der Waals surface area contributed by atoms with Crippen LogP contribution in [0.1, 0.15) is 6.92 Å². The highest BCUT2D eigenvalue weighted by molar-refractivity contribution is 5.85. The average molecular weight is 261 g/mol. The number of nitro benzene ring substituents is 1. The maximum Gasteiger partial charge on any atom is 0.327 e. The van der Waals surface area contributed by atoms with Gasteiger partial charge in [-0.05, 0) is 13.0 Å². The fourth-order valence-corrected chi connectivity index (χ4v) is 1.19. The van der Waals surface area contributed by atoms with Crippen LogP contribution < -0.4 is 5.32 Å². The Morgan fingerprint density at radius 2 is 2.18 bits per heavy atom. The molecular formula is C10H13ClN2O4. The maximum atomic E-state index is 11.1. The van der Waals surface area contributed by atoms with E-state index in [0.29, 0.717) is 5.69 Å². The fourth-order valence-electron chi connectivity index (χ4n) is 1.19. The molecule has 94 valence electrons. The van der Waals surface area contributed by atoms with Crippen LogP contribution in [-0.2, 0) is 9.53 Å². The van der Waals surface area contributed by atoms with Crippen molar-refractivity contribution in [1.82, 2.24) is 0 Å². The van der Waals surface area contributed by atoms with E-state index in [1.54, 1.807) is 19.1 Å². The number of nitro groups is 1. The van der Waals surface area contributed by atoms with Crippen molar-refractivity contribution in [3.8, 4) is 0 Å². The van der Waals surface area contributed by atoms with Gasteiger partial charge in [0.25, 0.3) is 5.69 Å². The van der Waals surface area contributed by atoms with E-state index in [9.17, 15) is 14.9 Å². The third kappa shape index (κ3) is 4.28. The fraction of sp³-hybridized carbons (Fsp3) is 0.300. The van der Waals surface area contributed by atoms with Crippen LogP contribution in [0, 0.1) is 10.1 Å². The highest BCUT2D eigenvalue weighted by Gasteiger charge is 2.13. The second-order valence-electron chi connectivity index (χ2n) is 3.20. The molecule has 0 aliphatic rings. The van der Waals surface area contributed by atoms with Crippen molar-refractivity contribution >= 4 is 29.8 Å². The van der Waals surface area contributed by atoms with Gasteiger partial charge in [0.15, 0.2) is 0 Å². The van der Waals surface area contributed by atoms with Crippen molar-refractivity contribution in [2.75, 3.05) is 12.4 Å². The van der Waals surface area contributed by atoms with Gasteiger partial charge in [0, 0.05) is 17.8 Å². The molecular weight excluding hydrogens is 248 g/mol. The van der Waals surface area contributed by atoms with Crippen LogP contribution in [-0.4, -0.2) is 24.0 Å². The number of carbonyl (C=O) groups excluding carboxylic acids is 1. The van der Waals surface area contributed by atoms with Gasteiger partial charge in [-0.3, -0.25) is 10.1 Å². The van der Waals surface area contributed by atoms with Crippen molar-refractivity contribution in [3.05, 3.63) is 34.4 Å². The first-order valence-electron chi connectivity index (χ1n) is 4.63. The third-order valence-electron chi connectivity index (χ3n) is 1.99. The van der Waals surface area contributed by atoms with Gasteiger partial charge in [-0.1, -0.05) is 6.07 Å². The number of benzene rings is 1. The number of nitrogens with zero attached hydrogens (tertiary/aromatic N) is 1. The molecule has 7 heteroatoms. The lowest BCUT2D eigenvalue weighted by Gasteiger charge is -2.12. The minimum Gasteiger partial charge on any atom is -0.467 e. The Kier molecular flexibility index (Phi) is 5.98. The summed E-state index contributed by atoms with van der Waals surface area (Å²) in [5.74, 6) is -0.425. The highest BCUT2D eigenvalue weighted by Crippen LogP contribution is 2.17. The molecule has 0 radical (unpaired) electrons. The molecule has 0 heterocycles. The summed E-state index contributed by atoms with van der Waals surface area (Å²) in [5.41, 5.74) is 0.481. The minimum atomic E-state index is -0.549. The molecule has 0 saturated heterocycles. The Hall–Kier alpha value is -1.82. The van der Waals surface area contributed by atoms with Gasteiger partial charge in [0.1, 0.15) is 6.04 Å². The normalized spacial score (nSPS) is 10.9. The summed E-state index contributed by atoms with van der Waals surface area (Å²) in [5, 5.41) is 13.3. The van der Waals surface area contributed by atoms with Crippen LogP contribution >= 0.6 is 12.4 Å². The Bertz CT molecular complexity index is 411. The van der Waals surface area contributed by atoms with Crippen LogP contribution in [0.15, 0.2) is 24.3 Å². The van der Waals surface area contributed by atoms with Crippen LogP contribution in [0.3, 0.4) is 0 Å². The Morgan fingerprint density at radius 3 is 2.71 bits per heavy atom. The highest BCUT2D eigenvalue weighted by atomic mass is 35.5. The van der Waals surface area contributed by atoms with E-state index in [0.717, 1.165) is 0 Å². The number of carbonyl (C=O) groups is 1. The molecule has 1 aromatic rings. The van der Waals surface area contributed by atoms with E-state index in [1.165, 1.54) is 19.2 Å². The van der Waals surface area contributed by atoms with Crippen molar-refractivity contribution < 1.29 is 14.5 Å². The molecule has 1 rings (SSSR count). The van der Waals surface area contributed by atoms with E-state index in [4.69, 9.17) is 0 Å². The van der Waals surface area contributed by atoms with E-state index >= 15 is 0 Å². The molecule has 1 atom stereocenters. The van der Waals surface area contributed by atoms with E-state index in [2.05, 4.69) is 10.1 Å². The summed E-state index contributed by atoms with van der Waals surface area (Å²) in [6, 6.07) is 5.39. The predicted molar refractivity (Wildman–Crippen MR) is 65.4 cm³/mol. The maximum absolute atomic E-state index is 11.1. The summed E-state index contributed by atoms with van der Waals surface area (Å²) in [4.78, 5) is 21.1. The zero-order chi connectivity index (χ0) is 12.1. The lowest BCUT2D eigenvalue weighted by Crippen LogP contribution is -2.27. The number of anilines is 1. The van der Waals surface area contributed by atoms with Crippen LogP contribution in [0.2, 0.25) is 0 Å². The molecule has 17 heavy (non-hydrogen) atoms. The van der Waals surface area contributed by atoms with Crippen molar-refractivity contribution in [3.63, 3.8) is 0 Å². The zero-order valence-corrected chi connectivity index (χ0v) is 10.2. The average Bonchev–Trinajstić information content (AvgIpc) is 2.28. The van der Waals surface area contributed by atoms with Crippen LogP contribution in [0.25, 0.3) is 0 Å². The molecule has 1 aromatic carbocycles. The van der Waals surface area contributed by atoms with Gasteiger partial charge in [0.2, 0.25) is 0 Å². The van der Waals surface area contributed by atoms with Crippen LogP contribution in [0.5, 0.6) is 0 Å². The zero-order valence-electron chi connectivity index (χ0n) is 9.38. The van der Waals surface area contributed by atoms with Gasteiger partial charge < -0.3 is 10.1 Å². The summed E-state index contributed by atoms with van der Waals surface area (Å²) < 4.78 is 4.53. The SMILES string of the molecule is COC(=O)[C@H](C)Nc1cccc([N+](=O)[O-])c1.Cl. The molecule has 0 amide bonds. The third-order valence-corrected chi connectivity index (χ3v) is 1.99. The van der Waals surface area contributed by atoms with Crippen molar-refractivity contribution in [1.29, 1.82) is 0 Å². The number of hydrogen-bond donors (Lipinski definition) is 1. The molecule has 0 aliphatic heterocycles. The number of non-ortho nitro benzene ring substituents is 1. The molecule has 6 nitrogen and oxygen atoms in total. The molecule has 0 aliphatic carbocycles. The van der Waals surface area contributed by atoms with Gasteiger partial charge in [0.05, 0.1) is 12.0 Å². The second-order valence-corrected chi connectivity index (χ2v) is 3.20. The summed E-state index contributed by atoms with van der Waals surface area (Å²) in [6.45, 7) is 1.62. The number of hydrogen-bond acceptors (Lipinski definition) is 5. The lowest BCUT2D eigenvalue weighted by molar-refractivity contribution is -0.384. The van der Waals surface area contributed by atoms with E-state index in [-0.39, 0.29) is 18.1 Å².